The Labute approximate surface area is 79.0 Å². The number of aryl methyl sites for hydroxylation is 1. The summed E-state index contributed by atoms with van der Waals surface area (Å²) in [5.41, 5.74) is 8.41. The maximum atomic E-state index is 5.78. The molecule has 0 bridgehead atoms. The molecule has 2 rings (SSSR count). The van der Waals surface area contributed by atoms with Gasteiger partial charge < -0.3 is 5.73 Å². The summed E-state index contributed by atoms with van der Waals surface area (Å²) in [6.07, 6.45) is 0. The molecule has 0 radical (unpaired) electrons. The molecule has 2 nitrogen and oxygen atoms in total. The molecule has 0 atom stereocenters. The fourth-order valence-electron chi connectivity index (χ4n) is 1.13. The number of thiazole rings is 1. The number of nitrogen functional groups attached to an aromatic ring is 1. The molecule has 0 amide bonds. The van der Waals surface area contributed by atoms with Crippen molar-refractivity contribution >= 4 is 38.8 Å². The molecule has 1 aromatic heterocycles. The highest BCUT2D eigenvalue weighted by molar-refractivity contribution is 7.22. The van der Waals surface area contributed by atoms with Gasteiger partial charge in [0.1, 0.15) is 5.52 Å². The molecule has 0 aliphatic heterocycles. The molecule has 2 aromatic rings. The van der Waals surface area contributed by atoms with Crippen molar-refractivity contribution in [1.29, 1.82) is 0 Å². The average molecular weight is 199 g/mol. The SMILES string of the molecule is Cc1ccc(N)c2nc(Cl)sc12. The minimum Gasteiger partial charge on any atom is -0.397 e. The molecule has 4 heteroatoms. The fourth-order valence-corrected chi connectivity index (χ4v) is 2.24. The summed E-state index contributed by atoms with van der Waals surface area (Å²) in [7, 11) is 0. The zero-order valence-corrected chi connectivity index (χ0v) is 8.04. The van der Waals surface area contributed by atoms with E-state index in [1.165, 1.54) is 16.9 Å². The van der Waals surface area contributed by atoms with E-state index in [4.69, 9.17) is 17.3 Å². The first-order valence-electron chi connectivity index (χ1n) is 3.49. The highest BCUT2D eigenvalue weighted by atomic mass is 35.5. The first-order valence-corrected chi connectivity index (χ1v) is 4.69. The third-order valence-corrected chi connectivity index (χ3v) is 3.04. The van der Waals surface area contributed by atoms with E-state index in [0.717, 1.165) is 10.2 Å². The van der Waals surface area contributed by atoms with Crippen LogP contribution in [0.4, 0.5) is 5.69 Å². The van der Waals surface area contributed by atoms with Gasteiger partial charge >= 0.3 is 0 Å². The largest absolute Gasteiger partial charge is 0.397 e. The Morgan fingerprint density at radius 2 is 2.25 bits per heavy atom. The molecule has 0 saturated carbocycles. The summed E-state index contributed by atoms with van der Waals surface area (Å²) >= 11 is 7.25. The van der Waals surface area contributed by atoms with E-state index in [2.05, 4.69) is 4.98 Å². The second-order valence-electron chi connectivity index (χ2n) is 2.62. The number of aromatic nitrogens is 1. The van der Waals surface area contributed by atoms with Crippen molar-refractivity contribution in [3.8, 4) is 0 Å². The van der Waals surface area contributed by atoms with Gasteiger partial charge in [-0.25, -0.2) is 4.98 Å². The molecule has 2 N–H and O–H groups in total. The van der Waals surface area contributed by atoms with Gasteiger partial charge in [-0.2, -0.15) is 0 Å². The molecular weight excluding hydrogens is 192 g/mol. The van der Waals surface area contributed by atoms with Crippen molar-refractivity contribution in [2.24, 2.45) is 0 Å². The van der Waals surface area contributed by atoms with Crippen LogP contribution in [0.3, 0.4) is 0 Å². The van der Waals surface area contributed by atoms with Crippen molar-refractivity contribution in [2.45, 2.75) is 6.92 Å². The highest BCUT2D eigenvalue weighted by Gasteiger charge is 2.06. The van der Waals surface area contributed by atoms with Crippen molar-refractivity contribution in [3.05, 3.63) is 22.2 Å². The number of hydrogen-bond acceptors (Lipinski definition) is 3. The number of halogens is 1. The van der Waals surface area contributed by atoms with Crippen LogP contribution in [0.25, 0.3) is 10.2 Å². The summed E-state index contributed by atoms with van der Waals surface area (Å²) < 4.78 is 1.63. The Morgan fingerprint density at radius 1 is 1.50 bits per heavy atom. The second-order valence-corrected chi connectivity index (χ2v) is 4.20. The first-order chi connectivity index (χ1) is 5.68. The molecule has 0 saturated heterocycles. The molecule has 1 aromatic carbocycles. The van der Waals surface area contributed by atoms with Gasteiger partial charge in [0.05, 0.1) is 10.4 Å². The third kappa shape index (κ3) is 1.06. The van der Waals surface area contributed by atoms with Crippen LogP contribution in [0.2, 0.25) is 4.47 Å². The topological polar surface area (TPSA) is 38.9 Å². The van der Waals surface area contributed by atoms with E-state index in [-0.39, 0.29) is 0 Å². The molecular formula is C8H7ClN2S. The van der Waals surface area contributed by atoms with Crippen LogP contribution in [0, 0.1) is 6.92 Å². The number of nitrogens with zero attached hydrogens (tertiary/aromatic N) is 1. The molecule has 0 aliphatic carbocycles. The van der Waals surface area contributed by atoms with E-state index in [9.17, 15) is 0 Å². The normalized spacial score (nSPS) is 10.8. The predicted octanol–water partition coefficient (Wildman–Crippen LogP) is 2.84. The van der Waals surface area contributed by atoms with Crippen LogP contribution >= 0.6 is 22.9 Å². The Bertz CT molecular complexity index is 397. The minimum atomic E-state index is 0.547. The number of hydrogen-bond donors (Lipinski definition) is 1. The standard InChI is InChI=1S/C8H7ClN2S/c1-4-2-3-5(10)6-7(4)12-8(9)11-6/h2-3H,10H2,1H3. The zero-order chi connectivity index (χ0) is 8.72. The van der Waals surface area contributed by atoms with Crippen molar-refractivity contribution < 1.29 is 0 Å². The van der Waals surface area contributed by atoms with Crippen LogP contribution in [0.15, 0.2) is 12.1 Å². The highest BCUT2D eigenvalue weighted by Crippen LogP contribution is 2.31. The molecule has 12 heavy (non-hydrogen) atoms. The lowest BCUT2D eigenvalue weighted by molar-refractivity contribution is 1.47. The zero-order valence-electron chi connectivity index (χ0n) is 6.47. The Morgan fingerprint density at radius 3 is 2.92 bits per heavy atom. The number of benzene rings is 1. The Kier molecular flexibility index (Phi) is 1.70. The third-order valence-electron chi connectivity index (χ3n) is 1.75. The first kappa shape index (κ1) is 7.83. The monoisotopic (exact) mass is 198 g/mol. The summed E-state index contributed by atoms with van der Waals surface area (Å²) in [4.78, 5) is 4.13. The lowest BCUT2D eigenvalue weighted by Gasteiger charge is -1.96. The van der Waals surface area contributed by atoms with E-state index >= 15 is 0 Å². The van der Waals surface area contributed by atoms with Crippen molar-refractivity contribution in [2.75, 3.05) is 5.73 Å². The molecule has 0 aliphatic rings. The van der Waals surface area contributed by atoms with Gasteiger partial charge in [-0.15, -0.1) is 11.3 Å². The van der Waals surface area contributed by atoms with E-state index in [0.29, 0.717) is 10.2 Å². The summed E-state index contributed by atoms with van der Waals surface area (Å²) in [6, 6.07) is 3.83. The van der Waals surface area contributed by atoms with Crippen LogP contribution in [-0.2, 0) is 0 Å². The Balaban J connectivity index is 2.93. The van der Waals surface area contributed by atoms with Gasteiger partial charge in [-0.3, -0.25) is 0 Å². The van der Waals surface area contributed by atoms with Gasteiger partial charge in [0.25, 0.3) is 0 Å². The molecule has 0 spiro atoms. The van der Waals surface area contributed by atoms with E-state index < -0.39 is 0 Å². The fraction of sp³-hybridized carbons (Fsp3) is 0.125. The van der Waals surface area contributed by atoms with Gasteiger partial charge in [0.15, 0.2) is 4.47 Å². The van der Waals surface area contributed by atoms with E-state index in [1.54, 1.807) is 0 Å². The quantitative estimate of drug-likeness (QED) is 0.662. The number of anilines is 1. The van der Waals surface area contributed by atoms with Crippen LogP contribution in [0.5, 0.6) is 0 Å². The van der Waals surface area contributed by atoms with Crippen molar-refractivity contribution in [3.63, 3.8) is 0 Å². The number of nitrogens with two attached hydrogens (primary N) is 1. The lowest BCUT2D eigenvalue weighted by Crippen LogP contribution is -1.86. The van der Waals surface area contributed by atoms with Crippen LogP contribution in [0.1, 0.15) is 5.56 Å². The number of rotatable bonds is 0. The van der Waals surface area contributed by atoms with Gasteiger partial charge in [-0.05, 0) is 18.6 Å². The van der Waals surface area contributed by atoms with Gasteiger partial charge in [-0.1, -0.05) is 17.7 Å². The maximum absolute atomic E-state index is 5.78. The van der Waals surface area contributed by atoms with Crippen LogP contribution < -0.4 is 5.73 Å². The second kappa shape index (κ2) is 2.61. The maximum Gasteiger partial charge on any atom is 0.184 e. The summed E-state index contributed by atoms with van der Waals surface area (Å²) in [6.45, 7) is 2.02. The van der Waals surface area contributed by atoms with E-state index in [1.807, 2.05) is 19.1 Å². The smallest absolute Gasteiger partial charge is 0.184 e. The molecule has 0 fully saturated rings. The predicted molar refractivity (Wildman–Crippen MR) is 53.8 cm³/mol. The minimum absolute atomic E-state index is 0.547. The molecule has 0 unspecified atom stereocenters. The van der Waals surface area contributed by atoms with Crippen molar-refractivity contribution in [1.82, 2.24) is 4.98 Å². The molecule has 1 heterocycles. The van der Waals surface area contributed by atoms with Gasteiger partial charge in [0.2, 0.25) is 0 Å². The summed E-state index contributed by atoms with van der Waals surface area (Å²) in [5.74, 6) is 0. The van der Waals surface area contributed by atoms with Gasteiger partial charge in [0, 0.05) is 0 Å². The lowest BCUT2D eigenvalue weighted by atomic mass is 10.2. The average Bonchev–Trinajstić information content (AvgIpc) is 2.41. The number of fused-ring (bicyclic) bond motifs is 1. The summed E-state index contributed by atoms with van der Waals surface area (Å²) in [5, 5.41) is 0. The molecule has 62 valence electrons. The Hall–Kier alpha value is -0.800. The van der Waals surface area contributed by atoms with Crippen LogP contribution in [-0.4, -0.2) is 4.98 Å².